The number of esters is 1. The molecule has 1 aromatic carbocycles. The van der Waals surface area contributed by atoms with Gasteiger partial charge in [0.1, 0.15) is 6.61 Å². The van der Waals surface area contributed by atoms with Crippen molar-refractivity contribution in [1.82, 2.24) is 0 Å². The normalized spacial score (nSPS) is 11.2. The lowest BCUT2D eigenvalue weighted by Crippen LogP contribution is -2.13. The largest absolute Gasteiger partial charge is 0.493 e. The molecule has 2 rings (SSSR count). The summed E-state index contributed by atoms with van der Waals surface area (Å²) in [5, 5.41) is 0.491. The van der Waals surface area contributed by atoms with Gasteiger partial charge in [0.15, 0.2) is 17.1 Å². The van der Waals surface area contributed by atoms with Gasteiger partial charge >= 0.3 is 11.6 Å². The first-order valence-corrected chi connectivity index (χ1v) is 9.07. The van der Waals surface area contributed by atoms with Crippen LogP contribution < -0.4 is 19.8 Å². The maximum Gasteiger partial charge on any atom is 0.383 e. The fourth-order valence-electron chi connectivity index (χ4n) is 2.65. The molecule has 150 valence electrons. The van der Waals surface area contributed by atoms with Crippen LogP contribution in [-0.2, 0) is 4.79 Å². The number of ether oxygens (including phenoxy) is 3. The number of allylic oxidation sites excluding steroid dienone is 3. The summed E-state index contributed by atoms with van der Waals surface area (Å²) >= 11 is 0. The van der Waals surface area contributed by atoms with Crippen molar-refractivity contribution in [3.8, 4) is 17.2 Å². The van der Waals surface area contributed by atoms with E-state index in [-0.39, 0.29) is 23.7 Å². The van der Waals surface area contributed by atoms with Crippen LogP contribution in [0.15, 0.2) is 50.7 Å². The van der Waals surface area contributed by atoms with E-state index in [9.17, 15) is 9.59 Å². The summed E-state index contributed by atoms with van der Waals surface area (Å²) in [5.41, 5.74) is 1.89. The fraction of sp³-hybridized carbons (Fsp3) is 0.364. The standard InChI is InChI=1S/C22H26O6/c1-14(2)8-6-9-15(3)12-13-26-20-17-10-7-11-18(25-5)19(17)28-22(24)21(20)27-16(4)23/h7-8,10-12H,6,9,13H2,1-5H3. The van der Waals surface area contributed by atoms with Crippen LogP contribution in [0.5, 0.6) is 17.2 Å². The van der Waals surface area contributed by atoms with Crippen molar-refractivity contribution in [3.63, 3.8) is 0 Å². The van der Waals surface area contributed by atoms with Crippen molar-refractivity contribution >= 4 is 16.9 Å². The number of carbonyl (C=O) groups excluding carboxylic acids is 1. The second-order valence-corrected chi connectivity index (χ2v) is 6.66. The summed E-state index contributed by atoms with van der Waals surface area (Å²) in [7, 11) is 1.48. The van der Waals surface area contributed by atoms with E-state index in [0.717, 1.165) is 18.4 Å². The van der Waals surface area contributed by atoms with E-state index in [2.05, 4.69) is 19.9 Å². The number of rotatable bonds is 8. The number of fused-ring (bicyclic) bond motifs is 1. The average molecular weight is 386 g/mol. The van der Waals surface area contributed by atoms with Gasteiger partial charge in [-0.2, -0.15) is 0 Å². The minimum atomic E-state index is -0.800. The van der Waals surface area contributed by atoms with Gasteiger partial charge in [-0.15, -0.1) is 0 Å². The molecule has 6 heteroatoms. The summed E-state index contributed by atoms with van der Waals surface area (Å²) in [5.74, 6) is -0.340. The van der Waals surface area contributed by atoms with Gasteiger partial charge in [-0.25, -0.2) is 4.79 Å². The molecule has 0 aliphatic heterocycles. The zero-order chi connectivity index (χ0) is 20.7. The highest BCUT2D eigenvalue weighted by Crippen LogP contribution is 2.36. The molecule has 0 atom stereocenters. The predicted molar refractivity (Wildman–Crippen MR) is 108 cm³/mol. The second kappa shape index (κ2) is 9.78. The van der Waals surface area contributed by atoms with Gasteiger partial charge in [-0.1, -0.05) is 23.3 Å². The molecule has 28 heavy (non-hydrogen) atoms. The van der Waals surface area contributed by atoms with Crippen LogP contribution in [0.1, 0.15) is 40.5 Å². The quantitative estimate of drug-likeness (QED) is 0.369. The van der Waals surface area contributed by atoms with Crippen LogP contribution >= 0.6 is 0 Å². The van der Waals surface area contributed by atoms with E-state index in [1.165, 1.54) is 19.6 Å². The molecule has 1 heterocycles. The van der Waals surface area contributed by atoms with Gasteiger partial charge in [0, 0.05) is 6.92 Å². The molecule has 0 fully saturated rings. The molecule has 6 nitrogen and oxygen atoms in total. The lowest BCUT2D eigenvalue weighted by molar-refractivity contribution is -0.132. The molecule has 0 radical (unpaired) electrons. The number of hydrogen-bond acceptors (Lipinski definition) is 6. The minimum Gasteiger partial charge on any atom is -0.493 e. The minimum absolute atomic E-state index is 0.161. The maximum atomic E-state index is 12.4. The van der Waals surface area contributed by atoms with Crippen molar-refractivity contribution in [2.75, 3.05) is 13.7 Å². The first-order valence-electron chi connectivity index (χ1n) is 9.07. The highest BCUT2D eigenvalue weighted by Gasteiger charge is 2.21. The number of carbonyl (C=O) groups is 1. The van der Waals surface area contributed by atoms with E-state index < -0.39 is 11.6 Å². The third-order valence-electron chi connectivity index (χ3n) is 4.03. The van der Waals surface area contributed by atoms with E-state index in [1.807, 2.05) is 13.0 Å². The zero-order valence-corrected chi connectivity index (χ0v) is 17.0. The summed E-state index contributed by atoms with van der Waals surface area (Å²) in [6, 6.07) is 5.13. The maximum absolute atomic E-state index is 12.4. The monoisotopic (exact) mass is 386 g/mol. The molecule has 0 spiro atoms. The molecular formula is C22H26O6. The van der Waals surface area contributed by atoms with Crippen LogP contribution in [-0.4, -0.2) is 19.7 Å². The third-order valence-corrected chi connectivity index (χ3v) is 4.03. The molecule has 0 unspecified atom stereocenters. The van der Waals surface area contributed by atoms with Gasteiger partial charge in [0.2, 0.25) is 0 Å². The topological polar surface area (TPSA) is 75.0 Å². The molecule has 0 aliphatic rings. The van der Waals surface area contributed by atoms with Crippen LogP contribution in [0.3, 0.4) is 0 Å². The molecule has 0 saturated heterocycles. The Hall–Kier alpha value is -3.02. The molecule has 0 N–H and O–H groups in total. The zero-order valence-electron chi connectivity index (χ0n) is 17.0. The molecule has 0 saturated carbocycles. The Bertz CT molecular complexity index is 961. The van der Waals surface area contributed by atoms with Crippen LogP contribution in [0, 0.1) is 0 Å². The fourth-order valence-corrected chi connectivity index (χ4v) is 2.65. The van der Waals surface area contributed by atoms with Crippen molar-refractivity contribution < 1.29 is 23.4 Å². The Labute approximate surface area is 164 Å². The van der Waals surface area contributed by atoms with E-state index in [0.29, 0.717) is 11.1 Å². The Morgan fingerprint density at radius 1 is 1.11 bits per heavy atom. The van der Waals surface area contributed by atoms with Gasteiger partial charge in [-0.05, 0) is 51.8 Å². The highest BCUT2D eigenvalue weighted by atomic mass is 16.6. The van der Waals surface area contributed by atoms with Crippen molar-refractivity contribution in [3.05, 3.63) is 51.9 Å². The smallest absolute Gasteiger partial charge is 0.383 e. The average Bonchev–Trinajstić information content (AvgIpc) is 2.63. The van der Waals surface area contributed by atoms with Crippen molar-refractivity contribution in [1.29, 1.82) is 0 Å². The van der Waals surface area contributed by atoms with Gasteiger partial charge in [0.05, 0.1) is 12.5 Å². The summed E-state index contributed by atoms with van der Waals surface area (Å²) in [6.07, 6.45) is 5.99. The second-order valence-electron chi connectivity index (χ2n) is 6.66. The lowest BCUT2D eigenvalue weighted by atomic mass is 10.1. The molecule has 0 bridgehead atoms. The van der Waals surface area contributed by atoms with Crippen molar-refractivity contribution in [2.45, 2.75) is 40.5 Å². The Morgan fingerprint density at radius 2 is 1.86 bits per heavy atom. The van der Waals surface area contributed by atoms with Crippen molar-refractivity contribution in [2.24, 2.45) is 0 Å². The van der Waals surface area contributed by atoms with Gasteiger partial charge < -0.3 is 18.6 Å². The lowest BCUT2D eigenvalue weighted by Gasteiger charge is -2.13. The predicted octanol–water partition coefficient (Wildman–Crippen LogP) is 4.80. The van der Waals surface area contributed by atoms with Crippen LogP contribution in [0.2, 0.25) is 0 Å². The Morgan fingerprint density at radius 3 is 2.50 bits per heavy atom. The van der Waals surface area contributed by atoms with Crippen LogP contribution in [0.25, 0.3) is 11.0 Å². The molecule has 2 aromatic rings. The van der Waals surface area contributed by atoms with Crippen LogP contribution in [0.4, 0.5) is 0 Å². The molecule has 1 aromatic heterocycles. The number of benzene rings is 1. The SMILES string of the molecule is COc1cccc2c(OCC=C(C)CCC=C(C)C)c(OC(C)=O)c(=O)oc12. The molecular weight excluding hydrogens is 360 g/mol. The summed E-state index contributed by atoms with van der Waals surface area (Å²) < 4.78 is 21.5. The van der Waals surface area contributed by atoms with E-state index in [1.54, 1.807) is 18.2 Å². The third kappa shape index (κ3) is 5.49. The van der Waals surface area contributed by atoms with Gasteiger partial charge in [-0.3, -0.25) is 4.79 Å². The Kier molecular flexibility index (Phi) is 7.44. The number of hydrogen-bond donors (Lipinski definition) is 0. The first kappa shape index (κ1) is 21.3. The summed E-state index contributed by atoms with van der Waals surface area (Å²) in [6.45, 7) is 7.60. The first-order chi connectivity index (χ1) is 13.3. The number of para-hydroxylation sites is 1. The molecule has 0 amide bonds. The van der Waals surface area contributed by atoms with Gasteiger partial charge in [0.25, 0.3) is 5.75 Å². The van der Waals surface area contributed by atoms with E-state index in [4.69, 9.17) is 18.6 Å². The highest BCUT2D eigenvalue weighted by molar-refractivity contribution is 5.90. The Balaban J connectivity index is 2.36. The molecule has 0 aliphatic carbocycles. The van der Waals surface area contributed by atoms with E-state index >= 15 is 0 Å². The number of methoxy groups -OCH3 is 1. The summed E-state index contributed by atoms with van der Waals surface area (Å²) in [4.78, 5) is 23.8.